The first-order valence-corrected chi connectivity index (χ1v) is 16.7. The van der Waals surface area contributed by atoms with Crippen molar-refractivity contribution in [1.29, 1.82) is 0 Å². The Balaban J connectivity index is -0.0000000677. The molecule has 0 bridgehead atoms. The van der Waals surface area contributed by atoms with E-state index < -0.39 is 12.2 Å². The maximum atomic E-state index is 9.29. The van der Waals surface area contributed by atoms with E-state index in [1.165, 1.54) is 12.8 Å². The van der Waals surface area contributed by atoms with Gasteiger partial charge in [0.15, 0.2) is 0 Å². The zero-order valence-corrected chi connectivity index (χ0v) is 37.8. The normalized spacial score (nSPS) is 18.7. The minimum Gasteiger partial charge on any atom is -1.00 e. The summed E-state index contributed by atoms with van der Waals surface area (Å²) in [5.41, 5.74) is 0. The molecule has 2 saturated heterocycles. The Morgan fingerprint density at radius 1 is 0.800 bits per heavy atom. The van der Waals surface area contributed by atoms with Crippen molar-refractivity contribution in [2.75, 3.05) is 50.5 Å². The molecule has 0 aromatic heterocycles. The van der Waals surface area contributed by atoms with E-state index in [2.05, 4.69) is 12.6 Å². The monoisotopic (exact) mass is 770 g/mol. The summed E-state index contributed by atoms with van der Waals surface area (Å²) in [5, 5.41) is 45.1. The molecule has 2 aliphatic heterocycles. The van der Waals surface area contributed by atoms with Crippen LogP contribution in [-0.2, 0) is 18.9 Å². The quantitative estimate of drug-likeness (QED) is 0.0458. The zero-order valence-electron chi connectivity index (χ0n) is 30.2. The fourth-order valence-corrected chi connectivity index (χ4v) is 2.92. The van der Waals surface area contributed by atoms with E-state index in [-0.39, 0.29) is 144 Å². The number of hydrogen-bond acceptors (Lipinski definition) is 11. The molecule has 0 radical (unpaired) electrons. The first kappa shape index (κ1) is 63.6. The van der Waals surface area contributed by atoms with Crippen molar-refractivity contribution in [3.05, 3.63) is 0 Å². The van der Waals surface area contributed by atoms with Crippen LogP contribution in [0.3, 0.4) is 0 Å². The number of aliphatic hydroxyl groups is 5. The molecule has 6 N–H and O–H groups in total. The number of alkyl halides is 2. The summed E-state index contributed by atoms with van der Waals surface area (Å²) in [6, 6.07) is 0. The van der Waals surface area contributed by atoms with Crippen molar-refractivity contribution < 1.29 is 132 Å². The molecule has 10 nitrogen and oxygen atoms in total. The number of epoxide rings is 1. The van der Waals surface area contributed by atoms with Crippen molar-refractivity contribution in [3.63, 3.8) is 0 Å². The van der Waals surface area contributed by atoms with Crippen molar-refractivity contribution in [2.45, 2.75) is 135 Å². The van der Waals surface area contributed by atoms with Crippen molar-refractivity contribution >= 4 is 49.3 Å². The van der Waals surface area contributed by atoms with E-state index in [0.29, 0.717) is 37.2 Å². The van der Waals surface area contributed by atoms with Gasteiger partial charge < -0.3 is 51.4 Å². The molecule has 2 fully saturated rings. The number of rotatable bonds is 16. The molecule has 0 aromatic rings. The molecule has 270 valence electrons. The van der Waals surface area contributed by atoms with Gasteiger partial charge >= 0.3 is 80.9 Å². The average molecular weight is 772 g/mol. The summed E-state index contributed by atoms with van der Waals surface area (Å²) in [7, 11) is 0. The van der Waals surface area contributed by atoms with Gasteiger partial charge in [0, 0.05) is 19.0 Å². The van der Waals surface area contributed by atoms with Gasteiger partial charge in [0.1, 0.15) is 0 Å². The minimum atomic E-state index is -0.608. The second-order valence-corrected chi connectivity index (χ2v) is 11.2. The van der Waals surface area contributed by atoms with Gasteiger partial charge in [-0.25, -0.2) is 0 Å². The van der Waals surface area contributed by atoms with Gasteiger partial charge in [-0.2, -0.15) is 26.1 Å². The van der Waals surface area contributed by atoms with E-state index in [1.54, 1.807) is 6.92 Å². The predicted molar refractivity (Wildman–Crippen MR) is 185 cm³/mol. The molecule has 2 heterocycles. The van der Waals surface area contributed by atoms with Crippen LogP contribution in [-0.4, -0.2) is 130 Å². The Hall–Kier alpha value is 3.52. The van der Waals surface area contributed by atoms with Crippen LogP contribution in [0.1, 0.15) is 87.9 Å². The Labute approximate surface area is 363 Å². The average Bonchev–Trinajstić information content (AvgIpc) is 3.63. The van der Waals surface area contributed by atoms with Gasteiger partial charge in [-0.05, 0) is 65.7 Å². The number of halogens is 2. The van der Waals surface area contributed by atoms with E-state index in [0.717, 1.165) is 39.1 Å². The van der Waals surface area contributed by atoms with Crippen LogP contribution >= 0.6 is 49.3 Å². The van der Waals surface area contributed by atoms with Gasteiger partial charge in [-0.3, -0.25) is 0 Å². The SMILES string of the molecule is C1CCOC1.CCC(C)O.CCC(O)CC(C)OCC(O)CCl.CCC(O)CC(C)OCC(O)CS.ClCC1CO1.S.[H-].[K+].[Na+].[OH-]. The zero-order chi connectivity index (χ0) is 32.1. The molecule has 0 aromatic carbocycles. The molecule has 0 saturated carbocycles. The number of hydrogen-bond donors (Lipinski definition) is 6. The maximum absolute atomic E-state index is 9.29. The maximum Gasteiger partial charge on any atom is 1.00 e. The summed E-state index contributed by atoms with van der Waals surface area (Å²) in [5.74, 6) is 1.26. The van der Waals surface area contributed by atoms with E-state index in [1.807, 2.05) is 34.6 Å². The van der Waals surface area contributed by atoms with Gasteiger partial charge in [0.2, 0.25) is 0 Å². The number of thiol groups is 1. The molecule has 2 aliphatic rings. The topological polar surface area (TPSA) is 171 Å². The minimum absolute atomic E-state index is 0. The smallest absolute Gasteiger partial charge is 1.00 e. The van der Waals surface area contributed by atoms with Gasteiger partial charge in [0.05, 0.1) is 80.4 Å². The van der Waals surface area contributed by atoms with Gasteiger partial charge in [0.25, 0.3) is 0 Å². The summed E-state index contributed by atoms with van der Waals surface area (Å²) in [4.78, 5) is 0. The van der Waals surface area contributed by atoms with Crippen molar-refractivity contribution in [1.82, 2.24) is 0 Å². The van der Waals surface area contributed by atoms with Crippen molar-refractivity contribution in [3.8, 4) is 0 Å². The first-order valence-electron chi connectivity index (χ1n) is 15.0. The van der Waals surface area contributed by atoms with Gasteiger partial charge in [-0.15, -0.1) is 23.2 Å². The fraction of sp³-hybridized carbons (Fsp3) is 1.00. The largest absolute Gasteiger partial charge is 1.00 e. The number of aliphatic hydroxyl groups excluding tert-OH is 5. The Morgan fingerprint density at radius 3 is 1.38 bits per heavy atom. The first-order chi connectivity index (χ1) is 19.4. The Bertz CT molecular complexity index is 495. The van der Waals surface area contributed by atoms with E-state index in [9.17, 15) is 10.2 Å². The van der Waals surface area contributed by atoms with Crippen molar-refractivity contribution in [2.24, 2.45) is 0 Å². The molecule has 8 unspecified atom stereocenters. The summed E-state index contributed by atoms with van der Waals surface area (Å²) < 4.78 is 20.3. The molecule has 0 spiro atoms. The number of ether oxygens (including phenoxy) is 4. The molecular formula is C29H66Cl2KNaO10S2. The molecule has 0 amide bonds. The third-order valence-corrected chi connectivity index (χ3v) is 6.80. The van der Waals surface area contributed by atoms with Crippen LogP contribution in [0.2, 0.25) is 0 Å². The standard InChI is InChI=1S/C9H19ClO3.C9H20O3S.C4H8O.C4H10O.C3H5ClO.K.Na.H2O.H2S.H/c1-3-8(11)4-7(2)13-6-9(12)5-10;1-3-8(10)4-7(2)12-5-9(11)6-13;1-2-4-5-3-1;1-3-4(2)5;4-1-3-2-5-3;;;;;/h7-9,11-12H,3-6H2,1-2H3;7-11,13H,3-6H2,1-2H3;1-4H2;4-5H,3H2,1-2H3;3H,1-2H2;;;2*1H2;/q;;;;;2*+1;;;-1/p-1. The summed E-state index contributed by atoms with van der Waals surface area (Å²) >= 11 is 14.6. The molecule has 2 rings (SSSR count). The Kier molecular flexibility index (Phi) is 67.1. The summed E-state index contributed by atoms with van der Waals surface area (Å²) in [6.07, 6.45) is 4.61. The van der Waals surface area contributed by atoms with Crippen LogP contribution in [0, 0.1) is 0 Å². The molecule has 45 heavy (non-hydrogen) atoms. The second-order valence-electron chi connectivity index (χ2n) is 10.2. The van der Waals surface area contributed by atoms with Crippen LogP contribution in [0.5, 0.6) is 0 Å². The van der Waals surface area contributed by atoms with Crippen LogP contribution in [0.4, 0.5) is 0 Å². The van der Waals surface area contributed by atoms with Gasteiger partial charge in [-0.1, -0.05) is 20.8 Å². The van der Waals surface area contributed by atoms with Crippen LogP contribution in [0.15, 0.2) is 0 Å². The molecule has 8 atom stereocenters. The fourth-order valence-electron chi connectivity index (χ4n) is 2.55. The third kappa shape index (κ3) is 57.1. The predicted octanol–water partition coefficient (Wildman–Crippen LogP) is -1.75. The van der Waals surface area contributed by atoms with Crippen LogP contribution < -0.4 is 80.9 Å². The molecule has 0 aliphatic carbocycles. The molecular weight excluding hydrogens is 705 g/mol. The van der Waals surface area contributed by atoms with E-state index >= 15 is 0 Å². The van der Waals surface area contributed by atoms with E-state index in [4.69, 9.17) is 57.5 Å². The second kappa shape index (κ2) is 47.5. The molecule has 16 heteroatoms. The summed E-state index contributed by atoms with van der Waals surface area (Å²) in [6.45, 7) is 14.8. The Morgan fingerprint density at radius 2 is 1.18 bits per heavy atom. The third-order valence-electron chi connectivity index (χ3n) is 5.68. The van der Waals surface area contributed by atoms with Crippen LogP contribution in [0.25, 0.3) is 0 Å².